The van der Waals surface area contributed by atoms with E-state index >= 15 is 0 Å². The molecule has 0 spiro atoms. The molecule has 0 rings (SSSR count). The molecule has 0 saturated heterocycles. The number of carbonyl (C=O) groups excluding carboxylic acids is 2. The Hall–Kier alpha value is -1.35. The lowest BCUT2D eigenvalue weighted by molar-refractivity contribution is -0.342. The van der Waals surface area contributed by atoms with Gasteiger partial charge in [0, 0.05) is 12.1 Å². The zero-order valence-electron chi connectivity index (χ0n) is 11.6. The number of Topliss-reactive ketones (excluding diaryl/α,β-unsaturated/α-hetero) is 1. The first-order valence-corrected chi connectivity index (χ1v) is 5.78. The van der Waals surface area contributed by atoms with Gasteiger partial charge in [-0.25, -0.2) is 0 Å². The second kappa shape index (κ2) is 5.80. The van der Waals surface area contributed by atoms with E-state index in [1.165, 1.54) is 27.7 Å². The largest absolute Gasteiger partial charge is 0.460 e. The minimum Gasteiger partial charge on any atom is -0.331 e. The molecule has 0 aliphatic rings. The topological polar surface area (TPSA) is 37.4 Å². The molecular formula is C11H14F7NO2. The summed E-state index contributed by atoms with van der Waals surface area (Å²) in [5.74, 6) is -18.0. The van der Waals surface area contributed by atoms with Crippen molar-refractivity contribution in [3.05, 3.63) is 0 Å². The van der Waals surface area contributed by atoms with Crippen molar-refractivity contribution in [1.82, 2.24) is 4.90 Å². The quantitative estimate of drug-likeness (QED) is 0.575. The Labute approximate surface area is 116 Å². The van der Waals surface area contributed by atoms with Crippen molar-refractivity contribution in [2.24, 2.45) is 0 Å². The minimum absolute atomic E-state index is 0.503. The van der Waals surface area contributed by atoms with Crippen LogP contribution in [-0.2, 0) is 9.59 Å². The summed E-state index contributed by atoms with van der Waals surface area (Å²) >= 11 is 0. The summed E-state index contributed by atoms with van der Waals surface area (Å²) in [6.45, 7) is 5.19. The second-order valence-corrected chi connectivity index (χ2v) is 4.88. The molecule has 3 nitrogen and oxygen atoms in total. The van der Waals surface area contributed by atoms with Gasteiger partial charge in [-0.3, -0.25) is 9.59 Å². The summed E-state index contributed by atoms with van der Waals surface area (Å²) in [7, 11) is 0. The molecule has 0 aromatic heterocycles. The summed E-state index contributed by atoms with van der Waals surface area (Å²) in [4.78, 5) is 23.2. The Kier molecular flexibility index (Phi) is 5.43. The molecule has 0 radical (unpaired) electrons. The van der Waals surface area contributed by atoms with Crippen LogP contribution >= 0.6 is 0 Å². The standard InChI is InChI=1S/C11H14F7NO2/c1-5(2)19(6(3)4)8(21)7(20)9(12,13)10(14,15)11(16,17)18/h5-6H,1-4H3. The first kappa shape index (κ1) is 19.7. The normalized spacial score (nSPS) is 13.8. The van der Waals surface area contributed by atoms with Crippen molar-refractivity contribution in [3.8, 4) is 0 Å². The average molecular weight is 325 g/mol. The summed E-state index contributed by atoms with van der Waals surface area (Å²) in [5, 5.41) is 0. The Bertz CT molecular complexity index is 407. The van der Waals surface area contributed by atoms with E-state index in [1.807, 2.05) is 0 Å². The fraction of sp³-hybridized carbons (Fsp3) is 0.818. The van der Waals surface area contributed by atoms with Gasteiger partial charge in [-0.05, 0) is 27.7 Å². The van der Waals surface area contributed by atoms with Crippen LogP contribution in [0.15, 0.2) is 0 Å². The molecule has 0 aliphatic carbocycles. The molecule has 0 saturated carbocycles. The number of carbonyl (C=O) groups is 2. The SMILES string of the molecule is CC(C)N(C(=O)C(=O)C(F)(F)C(F)(F)C(F)(F)F)C(C)C. The Morgan fingerprint density at radius 2 is 1.14 bits per heavy atom. The van der Waals surface area contributed by atoms with Gasteiger partial charge in [-0.1, -0.05) is 0 Å². The van der Waals surface area contributed by atoms with E-state index in [-0.39, 0.29) is 0 Å². The molecule has 21 heavy (non-hydrogen) atoms. The van der Waals surface area contributed by atoms with Gasteiger partial charge in [-0.15, -0.1) is 0 Å². The van der Waals surface area contributed by atoms with Gasteiger partial charge >= 0.3 is 18.0 Å². The maximum absolute atomic E-state index is 13.2. The first-order valence-electron chi connectivity index (χ1n) is 5.78. The predicted octanol–water partition coefficient (Wildman–Crippen LogP) is 3.03. The summed E-state index contributed by atoms with van der Waals surface area (Å²) in [6, 6.07) is -1.67. The van der Waals surface area contributed by atoms with Crippen LogP contribution in [0.1, 0.15) is 27.7 Å². The van der Waals surface area contributed by atoms with Crippen molar-refractivity contribution in [2.45, 2.75) is 57.8 Å². The van der Waals surface area contributed by atoms with E-state index in [0.717, 1.165) is 0 Å². The van der Waals surface area contributed by atoms with Crippen LogP contribution in [-0.4, -0.2) is 46.7 Å². The lowest BCUT2D eigenvalue weighted by Crippen LogP contribution is -2.60. The number of hydrogen-bond acceptors (Lipinski definition) is 2. The molecule has 0 heterocycles. The number of hydrogen-bond donors (Lipinski definition) is 0. The van der Waals surface area contributed by atoms with Crippen LogP contribution in [0.4, 0.5) is 30.7 Å². The fourth-order valence-electron chi connectivity index (χ4n) is 1.64. The van der Waals surface area contributed by atoms with Gasteiger partial charge in [0.2, 0.25) is 0 Å². The van der Waals surface area contributed by atoms with Crippen LogP contribution in [0.25, 0.3) is 0 Å². The molecule has 1 amide bonds. The molecule has 0 unspecified atom stereocenters. The molecular weight excluding hydrogens is 311 g/mol. The highest BCUT2D eigenvalue weighted by atomic mass is 19.4. The molecule has 124 valence electrons. The highest BCUT2D eigenvalue weighted by Crippen LogP contribution is 2.47. The van der Waals surface area contributed by atoms with E-state index in [4.69, 9.17) is 0 Å². The third kappa shape index (κ3) is 3.46. The Morgan fingerprint density at radius 3 is 1.38 bits per heavy atom. The molecule has 0 aromatic rings. The molecule has 0 fully saturated rings. The monoisotopic (exact) mass is 325 g/mol. The number of rotatable bonds is 5. The fourth-order valence-corrected chi connectivity index (χ4v) is 1.64. The predicted molar refractivity (Wildman–Crippen MR) is 58.1 cm³/mol. The Balaban J connectivity index is 5.65. The molecule has 10 heteroatoms. The lowest BCUT2D eigenvalue weighted by Gasteiger charge is -2.33. The number of halogens is 7. The van der Waals surface area contributed by atoms with Gasteiger partial charge in [0.15, 0.2) is 0 Å². The van der Waals surface area contributed by atoms with E-state index in [2.05, 4.69) is 0 Å². The van der Waals surface area contributed by atoms with Gasteiger partial charge < -0.3 is 4.90 Å². The number of ketones is 1. The average Bonchev–Trinajstić information content (AvgIpc) is 2.24. The van der Waals surface area contributed by atoms with Crippen LogP contribution in [0.3, 0.4) is 0 Å². The van der Waals surface area contributed by atoms with E-state index in [0.29, 0.717) is 4.90 Å². The number of alkyl halides is 7. The maximum atomic E-state index is 13.2. The third-order valence-corrected chi connectivity index (χ3v) is 2.58. The van der Waals surface area contributed by atoms with Crippen LogP contribution in [0, 0.1) is 0 Å². The second-order valence-electron chi connectivity index (χ2n) is 4.88. The third-order valence-electron chi connectivity index (χ3n) is 2.58. The van der Waals surface area contributed by atoms with Crippen molar-refractivity contribution in [2.75, 3.05) is 0 Å². The molecule has 0 aliphatic heterocycles. The molecule has 0 N–H and O–H groups in total. The van der Waals surface area contributed by atoms with E-state index in [9.17, 15) is 40.3 Å². The maximum Gasteiger partial charge on any atom is 0.460 e. The summed E-state index contributed by atoms with van der Waals surface area (Å²) < 4.78 is 87.7. The zero-order valence-corrected chi connectivity index (χ0v) is 11.6. The van der Waals surface area contributed by atoms with Crippen LogP contribution in [0.2, 0.25) is 0 Å². The molecule has 0 aromatic carbocycles. The zero-order chi connectivity index (χ0) is 17.4. The minimum atomic E-state index is -6.66. The first-order chi connectivity index (χ1) is 9.09. The smallest absolute Gasteiger partial charge is 0.331 e. The van der Waals surface area contributed by atoms with Crippen molar-refractivity contribution in [1.29, 1.82) is 0 Å². The molecule has 0 bridgehead atoms. The summed E-state index contributed by atoms with van der Waals surface area (Å²) in [5.41, 5.74) is 0. The van der Waals surface area contributed by atoms with Crippen molar-refractivity contribution >= 4 is 11.7 Å². The number of amides is 1. The highest BCUT2D eigenvalue weighted by Gasteiger charge is 2.77. The van der Waals surface area contributed by atoms with Crippen LogP contribution in [0.5, 0.6) is 0 Å². The Morgan fingerprint density at radius 1 is 0.810 bits per heavy atom. The summed E-state index contributed by atoms with van der Waals surface area (Å²) in [6.07, 6.45) is -6.66. The van der Waals surface area contributed by atoms with Crippen LogP contribution < -0.4 is 0 Å². The van der Waals surface area contributed by atoms with Crippen molar-refractivity contribution in [3.63, 3.8) is 0 Å². The van der Waals surface area contributed by atoms with Gasteiger partial charge in [0.25, 0.3) is 11.7 Å². The van der Waals surface area contributed by atoms with Gasteiger partial charge in [-0.2, -0.15) is 30.7 Å². The number of nitrogens with zero attached hydrogens (tertiary/aromatic N) is 1. The van der Waals surface area contributed by atoms with Gasteiger partial charge in [0.1, 0.15) is 0 Å². The van der Waals surface area contributed by atoms with Crippen molar-refractivity contribution < 1.29 is 40.3 Å². The molecule has 0 atom stereocenters. The van der Waals surface area contributed by atoms with Gasteiger partial charge in [0.05, 0.1) is 0 Å². The highest BCUT2D eigenvalue weighted by molar-refractivity contribution is 6.39. The lowest BCUT2D eigenvalue weighted by atomic mass is 10.0. The van der Waals surface area contributed by atoms with E-state index in [1.54, 1.807) is 0 Å². The van der Waals surface area contributed by atoms with E-state index < -0.39 is 41.8 Å².